The van der Waals surface area contributed by atoms with Gasteiger partial charge in [0.25, 0.3) is 5.91 Å². The molecule has 1 aliphatic carbocycles. The van der Waals surface area contributed by atoms with Gasteiger partial charge in [-0.05, 0) is 55.3 Å². The Morgan fingerprint density at radius 3 is 1.68 bits per heavy atom. The summed E-state index contributed by atoms with van der Waals surface area (Å²) in [5.74, 6) is -0.742. The van der Waals surface area contributed by atoms with E-state index in [1.54, 1.807) is 0 Å². The smallest absolute Gasteiger partial charge is 0.283 e. The van der Waals surface area contributed by atoms with Gasteiger partial charge in [-0.3, -0.25) is 18.9 Å². The SMILES string of the molecule is C1=CCCC(N2c3cccc4c5ccccc5n(c34)C23N(c2ccccc2)c2cccc4c5ccccc5n3c24)=C1. The maximum Gasteiger partial charge on any atom is 0.295 e. The summed E-state index contributed by atoms with van der Waals surface area (Å²) in [5, 5.41) is 5.16. The van der Waals surface area contributed by atoms with Gasteiger partial charge in [-0.1, -0.05) is 91.0 Å². The summed E-state index contributed by atoms with van der Waals surface area (Å²) >= 11 is 0. The predicted octanol–water partition coefficient (Wildman–Crippen LogP) is 9.22. The highest BCUT2D eigenvalue weighted by molar-refractivity contribution is 6.18. The monoisotopic (exact) mass is 526 g/mol. The molecule has 4 nitrogen and oxygen atoms in total. The van der Waals surface area contributed by atoms with Crippen molar-refractivity contribution in [2.45, 2.75) is 18.8 Å². The maximum absolute atomic E-state index is 2.64. The van der Waals surface area contributed by atoms with Crippen LogP contribution >= 0.6 is 0 Å². The van der Waals surface area contributed by atoms with Gasteiger partial charge in [0.05, 0.1) is 33.4 Å². The second-order valence-electron chi connectivity index (χ2n) is 11.3. The van der Waals surface area contributed by atoms with Gasteiger partial charge in [0.1, 0.15) is 0 Å². The molecule has 0 saturated carbocycles. The third-order valence-electron chi connectivity index (χ3n) is 9.32. The van der Waals surface area contributed by atoms with Crippen LogP contribution in [0.4, 0.5) is 17.1 Å². The zero-order valence-electron chi connectivity index (χ0n) is 22.4. The molecule has 0 fully saturated rings. The Hall–Kier alpha value is -5.22. The predicted molar refractivity (Wildman–Crippen MR) is 170 cm³/mol. The van der Waals surface area contributed by atoms with Crippen molar-refractivity contribution >= 4 is 60.7 Å². The first-order chi connectivity index (χ1) is 20.4. The number of allylic oxidation sites excluding steroid dienone is 4. The van der Waals surface area contributed by atoms with Crippen LogP contribution in [0.15, 0.2) is 139 Å². The van der Waals surface area contributed by atoms with E-state index in [4.69, 9.17) is 0 Å². The molecule has 1 unspecified atom stereocenters. The van der Waals surface area contributed by atoms with Gasteiger partial charge in [-0.25, -0.2) is 0 Å². The molecule has 41 heavy (non-hydrogen) atoms. The Labute approximate surface area is 237 Å². The number of aromatic nitrogens is 2. The first kappa shape index (κ1) is 21.6. The fraction of sp³-hybridized carbons (Fsp3) is 0.0811. The molecule has 194 valence electrons. The average molecular weight is 527 g/mol. The summed E-state index contributed by atoms with van der Waals surface area (Å²) in [4.78, 5) is 5.23. The molecule has 4 heterocycles. The van der Waals surface area contributed by atoms with Gasteiger partial charge >= 0.3 is 0 Å². The number of hydrogen-bond acceptors (Lipinski definition) is 2. The van der Waals surface area contributed by atoms with Crippen molar-refractivity contribution in [1.29, 1.82) is 0 Å². The second-order valence-corrected chi connectivity index (χ2v) is 11.3. The van der Waals surface area contributed by atoms with Crippen molar-refractivity contribution in [3.8, 4) is 0 Å². The number of para-hydroxylation sites is 5. The Morgan fingerprint density at radius 2 is 1.07 bits per heavy atom. The van der Waals surface area contributed by atoms with Crippen LogP contribution in [-0.2, 0) is 5.91 Å². The van der Waals surface area contributed by atoms with Crippen LogP contribution in [0.25, 0.3) is 43.6 Å². The number of hydrogen-bond donors (Lipinski definition) is 0. The van der Waals surface area contributed by atoms with Crippen LogP contribution in [0.3, 0.4) is 0 Å². The lowest BCUT2D eigenvalue weighted by atomic mass is 10.1. The fourth-order valence-electron chi connectivity index (χ4n) is 7.92. The largest absolute Gasteiger partial charge is 0.295 e. The van der Waals surface area contributed by atoms with Gasteiger partial charge in [0, 0.05) is 32.9 Å². The van der Waals surface area contributed by atoms with Crippen molar-refractivity contribution in [3.05, 3.63) is 139 Å². The molecule has 5 aromatic carbocycles. The van der Waals surface area contributed by atoms with E-state index in [9.17, 15) is 0 Å². The lowest BCUT2D eigenvalue weighted by Gasteiger charge is -2.48. The highest BCUT2D eigenvalue weighted by atomic mass is 15.7. The Morgan fingerprint density at radius 1 is 0.512 bits per heavy atom. The minimum Gasteiger partial charge on any atom is -0.283 e. The van der Waals surface area contributed by atoms with Gasteiger partial charge < -0.3 is 0 Å². The van der Waals surface area contributed by atoms with Crippen LogP contribution in [0.5, 0.6) is 0 Å². The minimum absolute atomic E-state index is 0.742. The van der Waals surface area contributed by atoms with Gasteiger partial charge in [-0.2, -0.15) is 0 Å². The van der Waals surface area contributed by atoms with Crippen molar-refractivity contribution in [2.24, 2.45) is 0 Å². The second kappa shape index (κ2) is 7.49. The standard InChI is InChI=1S/C37H26N4/c1-3-13-25(14-4-1)38-33-23-11-19-29-27-17-7-9-21-31(27)40(35(29)33)37(38)39(26-15-5-2-6-16-26)34-24-12-20-30-28-18-8-10-22-32(28)41(37)36(30)34/h1-5,7-15,17-24H,6,16H2. The molecule has 1 atom stereocenters. The molecule has 7 aromatic rings. The summed E-state index contributed by atoms with van der Waals surface area (Å²) in [6.45, 7) is 0. The quantitative estimate of drug-likeness (QED) is 0.223. The van der Waals surface area contributed by atoms with Gasteiger partial charge in [0.15, 0.2) is 0 Å². The van der Waals surface area contributed by atoms with Crippen molar-refractivity contribution in [2.75, 3.05) is 9.80 Å². The van der Waals surface area contributed by atoms with Crippen LogP contribution < -0.4 is 9.80 Å². The van der Waals surface area contributed by atoms with Gasteiger partial charge in [0.2, 0.25) is 0 Å². The van der Waals surface area contributed by atoms with Crippen LogP contribution in [0, 0.1) is 0 Å². The molecule has 0 saturated heterocycles. The van der Waals surface area contributed by atoms with E-state index in [0.717, 1.165) is 12.8 Å². The molecule has 10 rings (SSSR count). The van der Waals surface area contributed by atoms with E-state index in [-0.39, 0.29) is 0 Å². The molecule has 0 radical (unpaired) electrons. The van der Waals surface area contributed by atoms with Crippen molar-refractivity contribution in [1.82, 2.24) is 9.13 Å². The lowest BCUT2D eigenvalue weighted by Crippen LogP contribution is -2.60. The Bertz CT molecular complexity index is 2260. The summed E-state index contributed by atoms with van der Waals surface area (Å²) < 4.78 is 5.26. The zero-order valence-corrected chi connectivity index (χ0v) is 22.4. The molecule has 1 spiro atoms. The number of rotatable bonds is 2. The maximum atomic E-state index is 2.64. The molecule has 4 heteroatoms. The molecule has 2 aromatic heterocycles. The first-order valence-corrected chi connectivity index (χ1v) is 14.5. The molecular formula is C37H26N4. The summed E-state index contributed by atoms with van der Waals surface area (Å²) in [5.41, 5.74) is 10.0. The third-order valence-corrected chi connectivity index (χ3v) is 9.32. The number of benzene rings is 5. The third kappa shape index (κ3) is 2.40. The number of anilines is 3. The fourth-order valence-corrected chi connectivity index (χ4v) is 7.92. The number of nitrogens with zero attached hydrogens (tertiary/aromatic N) is 4. The minimum atomic E-state index is -0.742. The van der Waals surface area contributed by atoms with E-state index < -0.39 is 5.91 Å². The molecule has 3 aliphatic rings. The van der Waals surface area contributed by atoms with Gasteiger partial charge in [-0.15, -0.1) is 0 Å². The number of fused-ring (bicyclic) bond motifs is 8. The summed E-state index contributed by atoms with van der Waals surface area (Å²) in [6.07, 6.45) is 8.86. The van der Waals surface area contributed by atoms with Crippen LogP contribution in [0.1, 0.15) is 12.8 Å². The Balaban J connectivity index is 1.50. The average Bonchev–Trinajstić information content (AvgIpc) is 3.74. The van der Waals surface area contributed by atoms with E-state index in [1.807, 2.05) is 0 Å². The van der Waals surface area contributed by atoms with E-state index in [0.29, 0.717) is 0 Å². The van der Waals surface area contributed by atoms with Crippen molar-refractivity contribution < 1.29 is 0 Å². The highest BCUT2D eigenvalue weighted by Crippen LogP contribution is 2.60. The highest BCUT2D eigenvalue weighted by Gasteiger charge is 2.59. The van der Waals surface area contributed by atoms with E-state index in [1.165, 1.54) is 66.4 Å². The Kier molecular flexibility index (Phi) is 3.94. The first-order valence-electron chi connectivity index (χ1n) is 14.5. The van der Waals surface area contributed by atoms with E-state index >= 15 is 0 Å². The topological polar surface area (TPSA) is 16.3 Å². The normalized spacial score (nSPS) is 19.1. The lowest BCUT2D eigenvalue weighted by molar-refractivity contribution is 0.291. The summed E-state index contributed by atoms with van der Waals surface area (Å²) in [7, 11) is 0. The molecular weight excluding hydrogens is 500 g/mol. The zero-order chi connectivity index (χ0) is 26.7. The van der Waals surface area contributed by atoms with E-state index in [2.05, 4.69) is 152 Å². The molecule has 0 N–H and O–H groups in total. The van der Waals surface area contributed by atoms with Crippen molar-refractivity contribution in [3.63, 3.8) is 0 Å². The summed E-state index contributed by atoms with van der Waals surface area (Å²) in [6, 6.07) is 42.5. The van der Waals surface area contributed by atoms with Crippen LogP contribution in [0.2, 0.25) is 0 Å². The molecule has 0 bridgehead atoms. The molecule has 0 amide bonds. The molecule has 2 aliphatic heterocycles. The van der Waals surface area contributed by atoms with Crippen LogP contribution in [-0.4, -0.2) is 9.13 Å².